The average molecular weight is 867 g/mol. The van der Waals surface area contributed by atoms with E-state index in [0.29, 0.717) is 21.4 Å². The predicted octanol–water partition coefficient (Wildman–Crippen LogP) is 9.13. The van der Waals surface area contributed by atoms with E-state index in [2.05, 4.69) is 9.97 Å². The van der Waals surface area contributed by atoms with Gasteiger partial charge in [-0.3, -0.25) is 9.59 Å². The molecule has 6 rings (SSSR count). The van der Waals surface area contributed by atoms with Gasteiger partial charge < -0.3 is 10.2 Å². The molecule has 0 aliphatic heterocycles. The van der Waals surface area contributed by atoms with E-state index in [1.165, 1.54) is 22.7 Å². The molecule has 6 nitrogen and oxygen atoms in total. The maximum Gasteiger partial charge on any atom is 0.308 e. The summed E-state index contributed by atoms with van der Waals surface area (Å²) >= 11 is 14.7. The molecule has 0 atom stereocenters. The number of carboxylic acid groups (broad SMARTS) is 2. The summed E-state index contributed by atoms with van der Waals surface area (Å²) < 4.78 is 0. The van der Waals surface area contributed by atoms with E-state index in [-0.39, 0.29) is 40.1 Å². The minimum Gasteiger partial charge on any atom is -0.481 e. The molecule has 224 valence electrons. The van der Waals surface area contributed by atoms with Gasteiger partial charge in [0.1, 0.15) is 10.0 Å². The van der Waals surface area contributed by atoms with Crippen LogP contribution in [0.15, 0.2) is 109 Å². The molecule has 2 heterocycles. The number of carboxylic acids is 2. The Bertz CT molecular complexity index is 1740. The largest absolute Gasteiger partial charge is 0.481 e. The Morgan fingerprint density at radius 2 is 0.867 bits per heavy atom. The van der Waals surface area contributed by atoms with E-state index in [9.17, 15) is 9.59 Å². The quantitative estimate of drug-likeness (QED) is 0.148. The van der Waals surface area contributed by atoms with Gasteiger partial charge in [-0.15, -0.1) is 22.7 Å². The van der Waals surface area contributed by atoms with Crippen molar-refractivity contribution in [3.63, 3.8) is 0 Å². The van der Waals surface area contributed by atoms with Crippen LogP contribution in [0.2, 0.25) is 10.0 Å². The monoisotopic (exact) mass is 866 g/mol. The number of thiazole rings is 2. The Morgan fingerprint density at radius 3 is 1.18 bits per heavy atom. The van der Waals surface area contributed by atoms with Crippen molar-refractivity contribution in [1.82, 2.24) is 9.97 Å². The minimum absolute atomic E-state index is 0. The van der Waals surface area contributed by atoms with E-state index >= 15 is 0 Å². The number of aliphatic carboxylic acids is 2. The summed E-state index contributed by atoms with van der Waals surface area (Å²) in [7, 11) is 0. The fraction of sp³-hybridized carbons (Fsp3) is 0.0588. The van der Waals surface area contributed by atoms with Gasteiger partial charge in [-0.05, 0) is 24.3 Å². The molecular formula is C34H24Cl2N2O4PbS2. The van der Waals surface area contributed by atoms with Crippen molar-refractivity contribution in [1.29, 1.82) is 0 Å². The topological polar surface area (TPSA) is 100 Å². The molecule has 0 saturated carbocycles. The van der Waals surface area contributed by atoms with Crippen LogP contribution in [0.25, 0.3) is 43.7 Å². The van der Waals surface area contributed by atoms with Crippen LogP contribution in [0.1, 0.15) is 9.75 Å². The first kappa shape index (κ1) is 34.5. The van der Waals surface area contributed by atoms with Crippen molar-refractivity contribution in [2.45, 2.75) is 12.8 Å². The van der Waals surface area contributed by atoms with Crippen molar-refractivity contribution in [3.05, 3.63) is 129 Å². The molecule has 0 saturated heterocycles. The maximum atomic E-state index is 11.1. The molecule has 11 heteroatoms. The molecule has 2 N–H and O–H groups in total. The molecule has 0 spiro atoms. The standard InChI is InChI=1S/2C17H12ClNO2S.Pb/c2*18-13-8-6-11(7-9-13)16-14(10-15(20)21)22-17(19-16)12-4-2-1-3-5-12;/h2*1-9H,10H2,(H,20,21);. The fourth-order valence-electron chi connectivity index (χ4n) is 4.29. The Morgan fingerprint density at radius 1 is 0.533 bits per heavy atom. The second-order valence-electron chi connectivity index (χ2n) is 9.47. The van der Waals surface area contributed by atoms with E-state index in [1.807, 2.05) is 84.9 Å². The molecule has 2 aromatic heterocycles. The van der Waals surface area contributed by atoms with Gasteiger partial charge in [-0.25, -0.2) is 9.97 Å². The number of hydrogen-bond donors (Lipinski definition) is 2. The third kappa shape index (κ3) is 9.30. The summed E-state index contributed by atoms with van der Waals surface area (Å²) in [6.45, 7) is 0. The zero-order valence-electron chi connectivity index (χ0n) is 23.5. The molecule has 0 unspecified atom stereocenters. The van der Waals surface area contributed by atoms with Crippen molar-refractivity contribution in [2.75, 3.05) is 0 Å². The van der Waals surface area contributed by atoms with Gasteiger partial charge >= 0.3 is 11.9 Å². The van der Waals surface area contributed by atoms with Crippen molar-refractivity contribution < 1.29 is 19.8 Å². The first-order chi connectivity index (χ1) is 21.3. The van der Waals surface area contributed by atoms with Gasteiger partial charge in [0, 0.05) is 69.4 Å². The van der Waals surface area contributed by atoms with Crippen LogP contribution in [-0.4, -0.2) is 59.4 Å². The zero-order chi connectivity index (χ0) is 31.1. The Kier molecular flexibility index (Phi) is 12.4. The van der Waals surface area contributed by atoms with Gasteiger partial charge in [0.2, 0.25) is 0 Å². The molecular weight excluding hydrogens is 843 g/mol. The van der Waals surface area contributed by atoms with Crippen molar-refractivity contribution in [2.24, 2.45) is 0 Å². The second kappa shape index (κ2) is 16.2. The Hall–Kier alpha value is -3.42. The molecule has 4 radical (unpaired) electrons. The zero-order valence-corrected chi connectivity index (χ0v) is 30.5. The molecule has 45 heavy (non-hydrogen) atoms. The minimum atomic E-state index is -0.863. The SMILES string of the molecule is O=C(O)Cc1sc(-c2ccccc2)nc1-c1ccc(Cl)cc1.O=C(O)Cc1sc(-c2ccccc2)nc1-c1ccc(Cl)cc1.[Pb]. The third-order valence-electron chi connectivity index (χ3n) is 6.30. The summed E-state index contributed by atoms with van der Waals surface area (Å²) in [5.41, 5.74) is 5.14. The van der Waals surface area contributed by atoms with Crippen LogP contribution in [0.4, 0.5) is 0 Å². The molecule has 0 fully saturated rings. The van der Waals surface area contributed by atoms with Crippen molar-refractivity contribution >= 4 is 85.1 Å². The van der Waals surface area contributed by atoms with Crippen LogP contribution in [0.3, 0.4) is 0 Å². The molecule has 4 aromatic carbocycles. The van der Waals surface area contributed by atoms with Gasteiger partial charge in [-0.1, -0.05) is 108 Å². The molecule has 0 aliphatic rings. The number of nitrogens with zero attached hydrogens (tertiary/aromatic N) is 2. The molecule has 6 aromatic rings. The van der Waals surface area contributed by atoms with E-state index in [1.54, 1.807) is 24.3 Å². The molecule has 0 aliphatic carbocycles. The average Bonchev–Trinajstić information content (AvgIpc) is 3.63. The van der Waals surface area contributed by atoms with Gasteiger partial charge in [-0.2, -0.15) is 0 Å². The fourth-order valence-corrected chi connectivity index (χ4v) is 6.70. The second-order valence-corrected chi connectivity index (χ2v) is 12.5. The van der Waals surface area contributed by atoms with Crippen LogP contribution in [0.5, 0.6) is 0 Å². The van der Waals surface area contributed by atoms with Gasteiger partial charge in [0.15, 0.2) is 0 Å². The maximum absolute atomic E-state index is 11.1. The number of benzene rings is 4. The van der Waals surface area contributed by atoms with Crippen LogP contribution in [0, 0.1) is 0 Å². The first-order valence-corrected chi connectivity index (χ1v) is 15.7. The van der Waals surface area contributed by atoms with Gasteiger partial charge in [0.25, 0.3) is 0 Å². The van der Waals surface area contributed by atoms with E-state index in [0.717, 1.165) is 42.0 Å². The molecule has 0 amide bonds. The summed E-state index contributed by atoms with van der Waals surface area (Å²) in [5.74, 6) is -1.73. The first-order valence-electron chi connectivity index (χ1n) is 13.3. The smallest absolute Gasteiger partial charge is 0.308 e. The van der Waals surface area contributed by atoms with Crippen LogP contribution in [-0.2, 0) is 22.4 Å². The van der Waals surface area contributed by atoms with E-state index < -0.39 is 11.9 Å². The summed E-state index contributed by atoms with van der Waals surface area (Å²) in [4.78, 5) is 33.0. The normalized spacial score (nSPS) is 10.4. The summed E-state index contributed by atoms with van der Waals surface area (Å²) in [6.07, 6.45) is -0.0785. The summed E-state index contributed by atoms with van der Waals surface area (Å²) in [5, 5.41) is 21.2. The van der Waals surface area contributed by atoms with Crippen molar-refractivity contribution in [3.8, 4) is 43.7 Å². The number of halogens is 2. The Labute approximate surface area is 298 Å². The number of hydrogen-bond acceptors (Lipinski definition) is 6. The number of rotatable bonds is 8. The number of carbonyl (C=O) groups is 2. The molecule has 0 bridgehead atoms. The predicted molar refractivity (Wildman–Crippen MR) is 184 cm³/mol. The van der Waals surface area contributed by atoms with E-state index in [4.69, 9.17) is 33.4 Å². The third-order valence-corrected chi connectivity index (χ3v) is 9.01. The Balaban J connectivity index is 0.000000200. The van der Waals surface area contributed by atoms with Gasteiger partial charge in [0.05, 0.1) is 24.2 Å². The summed E-state index contributed by atoms with van der Waals surface area (Å²) in [6, 6.07) is 34.1. The van der Waals surface area contributed by atoms with Crippen LogP contribution >= 0.6 is 45.9 Å². The van der Waals surface area contributed by atoms with Crippen LogP contribution < -0.4 is 0 Å². The number of aromatic nitrogens is 2.